The molecule has 2 amide bonds. The predicted molar refractivity (Wildman–Crippen MR) is 83.8 cm³/mol. The van der Waals surface area contributed by atoms with Gasteiger partial charge in [0.05, 0.1) is 5.41 Å². The molecule has 120 valence electrons. The molecule has 1 saturated heterocycles. The maximum Gasteiger partial charge on any atom is 0.230 e. The van der Waals surface area contributed by atoms with Crippen LogP contribution in [0.3, 0.4) is 0 Å². The van der Waals surface area contributed by atoms with E-state index < -0.39 is 0 Å². The van der Waals surface area contributed by atoms with Crippen LogP contribution in [0.2, 0.25) is 0 Å². The number of carbonyl (C=O) groups excluding carboxylic acids is 2. The lowest BCUT2D eigenvalue weighted by Crippen LogP contribution is -2.61. The Morgan fingerprint density at radius 2 is 2.05 bits per heavy atom. The highest BCUT2D eigenvalue weighted by molar-refractivity contribution is 5.87. The van der Waals surface area contributed by atoms with Crippen LogP contribution in [-0.2, 0) is 9.59 Å². The van der Waals surface area contributed by atoms with Crippen molar-refractivity contribution in [3.05, 3.63) is 0 Å². The third kappa shape index (κ3) is 3.09. The second-order valence-electron chi connectivity index (χ2n) is 7.39. The summed E-state index contributed by atoms with van der Waals surface area (Å²) >= 11 is 0. The van der Waals surface area contributed by atoms with E-state index in [0.717, 1.165) is 45.1 Å². The number of carbonyl (C=O) groups is 2. The quantitative estimate of drug-likeness (QED) is 0.800. The van der Waals surface area contributed by atoms with Crippen molar-refractivity contribution in [2.45, 2.75) is 64.8 Å². The normalized spacial score (nSPS) is 29.5. The van der Waals surface area contributed by atoms with E-state index in [2.05, 4.69) is 13.8 Å². The zero-order chi connectivity index (χ0) is 15.6. The van der Waals surface area contributed by atoms with E-state index in [4.69, 9.17) is 0 Å². The van der Waals surface area contributed by atoms with Gasteiger partial charge in [-0.05, 0) is 31.6 Å². The summed E-state index contributed by atoms with van der Waals surface area (Å²) in [6.07, 6.45) is 6.48. The van der Waals surface area contributed by atoms with Gasteiger partial charge in [0.1, 0.15) is 0 Å². The molecule has 2 fully saturated rings. The third-order valence-electron chi connectivity index (χ3n) is 5.25. The van der Waals surface area contributed by atoms with Crippen LogP contribution in [0.4, 0.5) is 0 Å². The first kappa shape index (κ1) is 16.3. The summed E-state index contributed by atoms with van der Waals surface area (Å²) in [6.45, 7) is 5.19. The van der Waals surface area contributed by atoms with Crippen molar-refractivity contribution in [3.63, 3.8) is 0 Å². The number of likely N-dealkylation sites (tertiary alicyclic amines) is 1. The van der Waals surface area contributed by atoms with Crippen LogP contribution in [0.5, 0.6) is 0 Å². The number of fused-ring (bicyclic) bond motifs is 1. The Morgan fingerprint density at radius 1 is 1.33 bits per heavy atom. The Hall–Kier alpha value is -1.06. The molecular weight excluding hydrogens is 264 g/mol. The number of rotatable bonds is 4. The van der Waals surface area contributed by atoms with Crippen LogP contribution in [0.15, 0.2) is 0 Å². The molecule has 0 bridgehead atoms. The van der Waals surface area contributed by atoms with Gasteiger partial charge in [-0.1, -0.05) is 26.7 Å². The number of nitrogens with zero attached hydrogens (tertiary/aromatic N) is 2. The highest BCUT2D eigenvalue weighted by atomic mass is 16.2. The summed E-state index contributed by atoms with van der Waals surface area (Å²) in [5, 5.41) is 0. The second-order valence-corrected chi connectivity index (χ2v) is 7.39. The largest absolute Gasteiger partial charge is 0.348 e. The standard InChI is InChI=1S/C17H30N2O2/c1-13(2)9-12-19-14-7-5-6-10-17(14,11-8-15(19)20)16(21)18(3)4/h13-14H,5-12H2,1-4H3/t14-,17-/m1/s1. The smallest absolute Gasteiger partial charge is 0.230 e. The van der Waals surface area contributed by atoms with Crippen LogP contribution in [0, 0.1) is 11.3 Å². The molecule has 1 aliphatic heterocycles. The van der Waals surface area contributed by atoms with Gasteiger partial charge in [-0.2, -0.15) is 0 Å². The summed E-state index contributed by atoms with van der Waals surface area (Å²) in [4.78, 5) is 29.0. The number of piperidine rings is 1. The molecule has 21 heavy (non-hydrogen) atoms. The Morgan fingerprint density at radius 3 is 2.67 bits per heavy atom. The Balaban J connectivity index is 2.26. The minimum atomic E-state index is -0.313. The van der Waals surface area contributed by atoms with Gasteiger partial charge < -0.3 is 9.80 Å². The molecule has 0 aromatic carbocycles. The Kier molecular flexibility index (Phi) is 4.95. The lowest BCUT2D eigenvalue weighted by Gasteiger charge is -2.52. The molecular formula is C17H30N2O2. The summed E-state index contributed by atoms with van der Waals surface area (Å²) in [5.41, 5.74) is -0.313. The number of amides is 2. The maximum absolute atomic E-state index is 12.8. The van der Waals surface area contributed by atoms with Gasteiger partial charge in [0.2, 0.25) is 11.8 Å². The molecule has 0 N–H and O–H groups in total. The number of hydrogen-bond donors (Lipinski definition) is 0. The Labute approximate surface area is 128 Å². The predicted octanol–water partition coefficient (Wildman–Crippen LogP) is 2.67. The zero-order valence-corrected chi connectivity index (χ0v) is 14.0. The summed E-state index contributed by atoms with van der Waals surface area (Å²) in [5.74, 6) is 1.07. The minimum Gasteiger partial charge on any atom is -0.348 e. The molecule has 1 aliphatic carbocycles. The molecule has 2 rings (SSSR count). The van der Waals surface area contributed by atoms with Crippen LogP contribution >= 0.6 is 0 Å². The highest BCUT2D eigenvalue weighted by Gasteiger charge is 2.53. The van der Waals surface area contributed by atoms with E-state index >= 15 is 0 Å². The monoisotopic (exact) mass is 294 g/mol. The van der Waals surface area contributed by atoms with Crippen molar-refractivity contribution in [2.24, 2.45) is 11.3 Å². The average Bonchev–Trinajstić information content (AvgIpc) is 2.45. The first-order valence-corrected chi connectivity index (χ1v) is 8.39. The summed E-state index contributed by atoms with van der Waals surface area (Å²) in [6, 6.07) is 0.126. The number of hydrogen-bond acceptors (Lipinski definition) is 2. The molecule has 2 aliphatic rings. The van der Waals surface area contributed by atoms with E-state index in [-0.39, 0.29) is 23.3 Å². The van der Waals surface area contributed by atoms with Gasteiger partial charge in [0.15, 0.2) is 0 Å². The maximum atomic E-state index is 12.8. The SMILES string of the molecule is CC(C)CCN1C(=O)CC[C@]2(C(=O)N(C)C)CCCC[C@@H]12. The topological polar surface area (TPSA) is 40.6 Å². The fourth-order valence-electron chi connectivity index (χ4n) is 4.09. The lowest BCUT2D eigenvalue weighted by atomic mass is 9.64. The van der Waals surface area contributed by atoms with E-state index in [1.807, 2.05) is 19.0 Å². The highest BCUT2D eigenvalue weighted by Crippen LogP contribution is 2.47. The van der Waals surface area contributed by atoms with Gasteiger partial charge >= 0.3 is 0 Å². The van der Waals surface area contributed by atoms with Crippen molar-refractivity contribution >= 4 is 11.8 Å². The summed E-state index contributed by atoms with van der Waals surface area (Å²) < 4.78 is 0. The van der Waals surface area contributed by atoms with E-state index in [9.17, 15) is 9.59 Å². The minimum absolute atomic E-state index is 0.126. The van der Waals surface area contributed by atoms with Crippen molar-refractivity contribution < 1.29 is 9.59 Å². The molecule has 4 nitrogen and oxygen atoms in total. The second kappa shape index (κ2) is 6.37. The molecule has 0 aromatic rings. The van der Waals surface area contributed by atoms with Gasteiger partial charge in [0.25, 0.3) is 0 Å². The van der Waals surface area contributed by atoms with Gasteiger partial charge in [-0.15, -0.1) is 0 Å². The van der Waals surface area contributed by atoms with E-state index in [0.29, 0.717) is 12.3 Å². The lowest BCUT2D eigenvalue weighted by molar-refractivity contribution is -0.160. The van der Waals surface area contributed by atoms with Crippen LogP contribution in [0.1, 0.15) is 58.8 Å². The molecule has 0 spiro atoms. The van der Waals surface area contributed by atoms with Crippen molar-refractivity contribution in [1.29, 1.82) is 0 Å². The van der Waals surface area contributed by atoms with Crippen LogP contribution in [0.25, 0.3) is 0 Å². The van der Waals surface area contributed by atoms with E-state index in [1.165, 1.54) is 0 Å². The zero-order valence-electron chi connectivity index (χ0n) is 14.0. The van der Waals surface area contributed by atoms with Crippen molar-refractivity contribution in [2.75, 3.05) is 20.6 Å². The average molecular weight is 294 g/mol. The molecule has 0 unspecified atom stereocenters. The molecule has 4 heteroatoms. The van der Waals surface area contributed by atoms with Crippen LogP contribution < -0.4 is 0 Å². The molecule has 0 radical (unpaired) electrons. The van der Waals surface area contributed by atoms with Gasteiger partial charge in [-0.3, -0.25) is 9.59 Å². The summed E-state index contributed by atoms with van der Waals surface area (Å²) in [7, 11) is 3.69. The molecule has 1 heterocycles. The van der Waals surface area contributed by atoms with E-state index in [1.54, 1.807) is 4.90 Å². The fourth-order valence-corrected chi connectivity index (χ4v) is 4.09. The molecule has 2 atom stereocenters. The van der Waals surface area contributed by atoms with Crippen LogP contribution in [-0.4, -0.2) is 48.3 Å². The molecule has 1 saturated carbocycles. The van der Waals surface area contributed by atoms with Gasteiger partial charge in [-0.25, -0.2) is 0 Å². The molecule has 0 aromatic heterocycles. The first-order chi connectivity index (χ1) is 9.88. The first-order valence-electron chi connectivity index (χ1n) is 8.39. The Bertz CT molecular complexity index is 406. The van der Waals surface area contributed by atoms with Gasteiger partial charge in [0, 0.05) is 33.1 Å². The third-order valence-corrected chi connectivity index (χ3v) is 5.25. The van der Waals surface area contributed by atoms with Crippen molar-refractivity contribution in [1.82, 2.24) is 9.80 Å². The fraction of sp³-hybridized carbons (Fsp3) is 0.882. The van der Waals surface area contributed by atoms with Crippen molar-refractivity contribution in [3.8, 4) is 0 Å².